The third-order valence-electron chi connectivity index (χ3n) is 3.38. The third kappa shape index (κ3) is 4.44. The van der Waals surface area contributed by atoms with Gasteiger partial charge in [-0.3, -0.25) is 0 Å². The summed E-state index contributed by atoms with van der Waals surface area (Å²) in [5.74, 6) is -1.11. The summed E-state index contributed by atoms with van der Waals surface area (Å²) in [6.07, 6.45) is 5.59. The number of aromatic carboxylic acids is 1. The first kappa shape index (κ1) is 15.3. The lowest BCUT2D eigenvalue weighted by atomic mass is 10.3. The Labute approximate surface area is 123 Å². The fraction of sp³-hybridized carbons (Fsp3) is 0.692. The molecule has 1 fully saturated rings. The number of hydrogen-bond acceptors (Lipinski definition) is 4. The van der Waals surface area contributed by atoms with Gasteiger partial charge in [-0.25, -0.2) is 14.3 Å². The van der Waals surface area contributed by atoms with Gasteiger partial charge in [0.1, 0.15) is 0 Å². The maximum absolute atomic E-state index is 12.1. The van der Waals surface area contributed by atoms with Crippen LogP contribution in [0.25, 0.3) is 0 Å². The van der Waals surface area contributed by atoms with E-state index in [-0.39, 0.29) is 11.7 Å². The minimum atomic E-state index is -1.11. The lowest BCUT2D eigenvalue weighted by molar-refractivity contribution is 0.0690. The summed E-state index contributed by atoms with van der Waals surface area (Å²) in [6, 6.07) is 0.339. The Bertz CT molecular complexity index is 498. The van der Waals surface area contributed by atoms with Crippen LogP contribution >= 0.6 is 0 Å². The Morgan fingerprint density at radius 2 is 2.29 bits per heavy atom. The van der Waals surface area contributed by atoms with Crippen LogP contribution in [0, 0.1) is 0 Å². The van der Waals surface area contributed by atoms with E-state index in [0.29, 0.717) is 19.1 Å². The molecule has 2 amide bonds. The van der Waals surface area contributed by atoms with Crippen molar-refractivity contribution in [1.29, 1.82) is 0 Å². The summed E-state index contributed by atoms with van der Waals surface area (Å²) in [5, 5.41) is 18.8. The average molecular weight is 295 g/mol. The molecule has 0 aliphatic heterocycles. The average Bonchev–Trinajstić information content (AvgIpc) is 3.17. The molecule has 0 spiro atoms. The van der Waals surface area contributed by atoms with Crippen molar-refractivity contribution in [2.24, 2.45) is 0 Å². The van der Waals surface area contributed by atoms with Crippen molar-refractivity contribution < 1.29 is 14.7 Å². The first-order valence-corrected chi connectivity index (χ1v) is 7.29. The zero-order valence-electron chi connectivity index (χ0n) is 12.2. The van der Waals surface area contributed by atoms with Gasteiger partial charge >= 0.3 is 12.0 Å². The number of carboxylic acid groups (broad SMARTS) is 1. The number of unbranched alkanes of at least 4 members (excludes halogenated alkanes) is 1. The van der Waals surface area contributed by atoms with E-state index in [1.807, 2.05) is 4.90 Å². The van der Waals surface area contributed by atoms with Crippen molar-refractivity contribution in [3.05, 3.63) is 11.9 Å². The number of hydrogen-bond donors (Lipinski definition) is 2. The number of amides is 2. The summed E-state index contributed by atoms with van der Waals surface area (Å²) in [6.45, 7) is 3.70. The minimum absolute atomic E-state index is 0.0514. The predicted molar refractivity (Wildman–Crippen MR) is 75.0 cm³/mol. The predicted octanol–water partition coefficient (Wildman–Crippen LogP) is 0.950. The lowest BCUT2D eigenvalue weighted by Crippen LogP contribution is -2.43. The van der Waals surface area contributed by atoms with E-state index in [1.165, 1.54) is 10.9 Å². The van der Waals surface area contributed by atoms with E-state index in [4.69, 9.17) is 5.11 Å². The molecule has 116 valence electrons. The smallest absolute Gasteiger partial charge is 0.358 e. The molecular weight excluding hydrogens is 274 g/mol. The summed E-state index contributed by atoms with van der Waals surface area (Å²) in [5.41, 5.74) is -0.0936. The van der Waals surface area contributed by atoms with Gasteiger partial charge in [-0.15, -0.1) is 5.10 Å². The fourth-order valence-corrected chi connectivity index (χ4v) is 2.05. The van der Waals surface area contributed by atoms with E-state index in [0.717, 1.165) is 32.2 Å². The maximum atomic E-state index is 12.1. The highest BCUT2D eigenvalue weighted by atomic mass is 16.4. The Morgan fingerprint density at radius 3 is 2.86 bits per heavy atom. The molecule has 1 heterocycles. The summed E-state index contributed by atoms with van der Waals surface area (Å²) in [7, 11) is 0. The molecule has 0 atom stereocenters. The van der Waals surface area contributed by atoms with Crippen LogP contribution in [0.3, 0.4) is 0 Å². The zero-order valence-corrected chi connectivity index (χ0v) is 12.2. The highest BCUT2D eigenvalue weighted by Crippen LogP contribution is 2.27. The van der Waals surface area contributed by atoms with Crippen LogP contribution in [0.15, 0.2) is 6.20 Å². The quantitative estimate of drug-likeness (QED) is 0.743. The number of carbonyl (C=O) groups is 2. The second kappa shape index (κ2) is 7.05. The van der Waals surface area contributed by atoms with Crippen molar-refractivity contribution in [3.63, 3.8) is 0 Å². The Balaban J connectivity index is 1.75. The molecule has 2 N–H and O–H groups in total. The van der Waals surface area contributed by atoms with Gasteiger partial charge in [0.25, 0.3) is 0 Å². The van der Waals surface area contributed by atoms with Crippen LogP contribution in [0.2, 0.25) is 0 Å². The van der Waals surface area contributed by atoms with Crippen molar-refractivity contribution in [2.75, 3.05) is 13.1 Å². The van der Waals surface area contributed by atoms with Gasteiger partial charge in [-0.2, -0.15) is 0 Å². The number of nitrogens with zero attached hydrogens (tertiary/aromatic N) is 4. The highest BCUT2D eigenvalue weighted by Gasteiger charge is 2.31. The third-order valence-corrected chi connectivity index (χ3v) is 3.38. The SMILES string of the molecule is CCCCN(C(=O)NCCn1cc(C(=O)O)nn1)C1CC1. The van der Waals surface area contributed by atoms with Crippen LogP contribution in [0.5, 0.6) is 0 Å². The summed E-state index contributed by atoms with van der Waals surface area (Å²) < 4.78 is 1.41. The van der Waals surface area contributed by atoms with E-state index >= 15 is 0 Å². The summed E-state index contributed by atoms with van der Waals surface area (Å²) in [4.78, 5) is 24.7. The Kier molecular flexibility index (Phi) is 5.13. The number of rotatable bonds is 8. The number of urea groups is 1. The van der Waals surface area contributed by atoms with E-state index in [1.54, 1.807) is 0 Å². The molecule has 0 radical (unpaired) electrons. The molecule has 1 aromatic heterocycles. The molecule has 1 saturated carbocycles. The molecule has 21 heavy (non-hydrogen) atoms. The fourth-order valence-electron chi connectivity index (χ4n) is 2.05. The second-order valence-electron chi connectivity index (χ2n) is 5.18. The molecule has 2 rings (SSSR count). The minimum Gasteiger partial charge on any atom is -0.476 e. The molecule has 0 saturated heterocycles. The van der Waals surface area contributed by atoms with Crippen molar-refractivity contribution in [3.8, 4) is 0 Å². The first-order valence-electron chi connectivity index (χ1n) is 7.29. The van der Waals surface area contributed by atoms with Gasteiger partial charge in [-0.05, 0) is 19.3 Å². The molecular formula is C13H21N5O3. The van der Waals surface area contributed by atoms with E-state index in [2.05, 4.69) is 22.6 Å². The van der Waals surface area contributed by atoms with Gasteiger partial charge in [0, 0.05) is 19.1 Å². The molecule has 1 aromatic rings. The van der Waals surface area contributed by atoms with Crippen LogP contribution in [-0.2, 0) is 6.54 Å². The topological polar surface area (TPSA) is 100 Å². The van der Waals surface area contributed by atoms with Crippen molar-refractivity contribution in [2.45, 2.75) is 45.2 Å². The van der Waals surface area contributed by atoms with Gasteiger partial charge in [0.2, 0.25) is 0 Å². The van der Waals surface area contributed by atoms with Crippen LogP contribution in [0.4, 0.5) is 4.79 Å². The van der Waals surface area contributed by atoms with Crippen LogP contribution in [0.1, 0.15) is 43.1 Å². The van der Waals surface area contributed by atoms with Gasteiger partial charge < -0.3 is 15.3 Å². The molecule has 8 heteroatoms. The molecule has 8 nitrogen and oxygen atoms in total. The van der Waals surface area contributed by atoms with Gasteiger partial charge in [0.05, 0.1) is 12.7 Å². The van der Waals surface area contributed by atoms with Gasteiger partial charge in [-0.1, -0.05) is 18.6 Å². The monoisotopic (exact) mass is 295 g/mol. The molecule has 0 unspecified atom stereocenters. The van der Waals surface area contributed by atoms with Crippen LogP contribution in [-0.4, -0.2) is 56.1 Å². The Hall–Kier alpha value is -2.12. The molecule has 0 bridgehead atoms. The number of carboxylic acids is 1. The standard InChI is InChI=1S/C13H21N5O3/c1-2-3-7-18(10-4-5-10)13(21)14-6-8-17-9-11(12(19)20)15-16-17/h9-10H,2-8H2,1H3,(H,14,21)(H,19,20). The molecule has 1 aliphatic carbocycles. The maximum Gasteiger partial charge on any atom is 0.358 e. The summed E-state index contributed by atoms with van der Waals surface area (Å²) >= 11 is 0. The number of carbonyl (C=O) groups excluding carboxylic acids is 1. The van der Waals surface area contributed by atoms with Crippen molar-refractivity contribution in [1.82, 2.24) is 25.2 Å². The molecule has 1 aliphatic rings. The van der Waals surface area contributed by atoms with Crippen LogP contribution < -0.4 is 5.32 Å². The van der Waals surface area contributed by atoms with Crippen molar-refractivity contribution >= 4 is 12.0 Å². The normalized spacial score (nSPS) is 14.0. The zero-order chi connectivity index (χ0) is 15.2. The first-order chi connectivity index (χ1) is 10.1. The van der Waals surface area contributed by atoms with E-state index in [9.17, 15) is 9.59 Å². The van der Waals surface area contributed by atoms with Gasteiger partial charge in [0.15, 0.2) is 5.69 Å². The molecule has 0 aromatic carbocycles. The Morgan fingerprint density at radius 1 is 1.52 bits per heavy atom. The highest BCUT2D eigenvalue weighted by molar-refractivity contribution is 5.84. The number of aromatic nitrogens is 3. The van der Waals surface area contributed by atoms with E-state index < -0.39 is 5.97 Å². The number of nitrogens with one attached hydrogen (secondary N) is 1. The second-order valence-corrected chi connectivity index (χ2v) is 5.18. The largest absolute Gasteiger partial charge is 0.476 e. The lowest BCUT2D eigenvalue weighted by Gasteiger charge is -2.22.